The summed E-state index contributed by atoms with van der Waals surface area (Å²) in [6, 6.07) is 22.9. The zero-order valence-electron chi connectivity index (χ0n) is 27.1. The van der Waals surface area contributed by atoms with Gasteiger partial charge in [0.2, 0.25) is 17.7 Å². The van der Waals surface area contributed by atoms with Crippen LogP contribution in [0.3, 0.4) is 0 Å². The average Bonchev–Trinajstić information content (AvgIpc) is 3.61. The van der Waals surface area contributed by atoms with Gasteiger partial charge in [0.25, 0.3) is 0 Å². The summed E-state index contributed by atoms with van der Waals surface area (Å²) in [4.78, 5) is 43.1. The summed E-state index contributed by atoms with van der Waals surface area (Å²) in [5.74, 6) is -1.17. The van der Waals surface area contributed by atoms with Gasteiger partial charge in [-0.1, -0.05) is 86.6 Å². The summed E-state index contributed by atoms with van der Waals surface area (Å²) in [5, 5.41) is 11.9. The summed E-state index contributed by atoms with van der Waals surface area (Å²) in [6.07, 6.45) is 3.77. The number of hydrogen-bond acceptors (Lipinski definition) is 6. The van der Waals surface area contributed by atoms with Crippen LogP contribution in [-0.4, -0.2) is 67.0 Å². The van der Waals surface area contributed by atoms with Crippen LogP contribution in [0.1, 0.15) is 64.0 Å². The number of nitrogens with one attached hydrogen (secondary N) is 3. The molecule has 0 spiro atoms. The van der Waals surface area contributed by atoms with E-state index in [4.69, 9.17) is 4.74 Å². The summed E-state index contributed by atoms with van der Waals surface area (Å²) in [7, 11) is 0. The molecule has 4 rings (SSSR count). The Balaban J connectivity index is 1.42. The number of nitrogens with zero attached hydrogens (tertiary/aromatic N) is 1. The van der Waals surface area contributed by atoms with Gasteiger partial charge in [-0.25, -0.2) is 0 Å². The maximum absolute atomic E-state index is 14.0. The standard InChI is InChI=1S/C37H50N4O4/c1-4-30(5-2)36(43)41(37(44)33-17-11-21-39-33)34(24-29-18-19-31-15-9-10-16-32(31)23-29)35(42)40-22-12-20-38-25-27(3)45-26-28-13-7-6-8-14-28/h6-10,13-16,18-19,23,27,30,33-34,38-39H,4-5,11-12,17,20-22,24-26H2,1-3H3,(H,40,42)/t27-,33+,34-/m1/s1. The topological polar surface area (TPSA) is 99.8 Å². The zero-order chi connectivity index (χ0) is 32.0. The Hall–Kier alpha value is -3.59. The lowest BCUT2D eigenvalue weighted by molar-refractivity contribution is -0.155. The van der Waals surface area contributed by atoms with Crippen molar-refractivity contribution in [3.63, 3.8) is 0 Å². The van der Waals surface area contributed by atoms with Crippen molar-refractivity contribution in [3.8, 4) is 0 Å². The molecular formula is C37H50N4O4. The Kier molecular flexibility index (Phi) is 13.5. The van der Waals surface area contributed by atoms with Crippen LogP contribution in [0.25, 0.3) is 10.8 Å². The maximum Gasteiger partial charge on any atom is 0.247 e. The Morgan fingerprint density at radius 3 is 2.38 bits per heavy atom. The first-order chi connectivity index (χ1) is 21.9. The van der Waals surface area contributed by atoms with Gasteiger partial charge in [0.1, 0.15) is 6.04 Å². The number of benzene rings is 3. The predicted octanol–water partition coefficient (Wildman–Crippen LogP) is 5.00. The summed E-state index contributed by atoms with van der Waals surface area (Å²) < 4.78 is 5.93. The second-order valence-corrected chi connectivity index (χ2v) is 12.1. The molecule has 1 saturated heterocycles. The monoisotopic (exact) mass is 614 g/mol. The third-order valence-electron chi connectivity index (χ3n) is 8.66. The number of ether oxygens (including phenoxy) is 1. The Morgan fingerprint density at radius 1 is 0.933 bits per heavy atom. The van der Waals surface area contributed by atoms with E-state index in [0.717, 1.165) is 34.9 Å². The Labute approximate surface area is 268 Å². The minimum atomic E-state index is -0.937. The lowest BCUT2D eigenvalue weighted by Gasteiger charge is -2.33. The van der Waals surface area contributed by atoms with Gasteiger partial charge in [-0.15, -0.1) is 0 Å². The highest BCUT2D eigenvalue weighted by atomic mass is 16.5. The van der Waals surface area contributed by atoms with E-state index in [-0.39, 0.29) is 36.2 Å². The smallest absolute Gasteiger partial charge is 0.247 e. The van der Waals surface area contributed by atoms with Gasteiger partial charge in [0.15, 0.2) is 0 Å². The van der Waals surface area contributed by atoms with Gasteiger partial charge in [-0.05, 0) is 74.0 Å². The van der Waals surface area contributed by atoms with E-state index in [2.05, 4.69) is 22.0 Å². The molecule has 0 aromatic heterocycles. The van der Waals surface area contributed by atoms with Crippen molar-refractivity contribution >= 4 is 28.5 Å². The van der Waals surface area contributed by atoms with Gasteiger partial charge >= 0.3 is 0 Å². The largest absolute Gasteiger partial charge is 0.373 e. The molecule has 3 aromatic rings. The molecule has 0 aliphatic carbocycles. The van der Waals surface area contributed by atoms with Crippen molar-refractivity contribution < 1.29 is 19.1 Å². The van der Waals surface area contributed by atoms with Crippen LogP contribution >= 0.6 is 0 Å². The van der Waals surface area contributed by atoms with Crippen LogP contribution in [0.4, 0.5) is 0 Å². The number of carbonyl (C=O) groups is 3. The van der Waals surface area contributed by atoms with Crippen molar-refractivity contribution in [3.05, 3.63) is 83.9 Å². The van der Waals surface area contributed by atoms with Gasteiger partial charge < -0.3 is 20.7 Å². The van der Waals surface area contributed by atoms with E-state index >= 15 is 0 Å². The van der Waals surface area contributed by atoms with E-state index in [9.17, 15) is 14.4 Å². The van der Waals surface area contributed by atoms with E-state index in [1.54, 1.807) is 0 Å². The highest BCUT2D eigenvalue weighted by Gasteiger charge is 2.40. The quantitative estimate of drug-likeness (QED) is 0.185. The van der Waals surface area contributed by atoms with Crippen LogP contribution in [0.5, 0.6) is 0 Å². The van der Waals surface area contributed by atoms with Crippen LogP contribution in [-0.2, 0) is 32.1 Å². The molecule has 45 heavy (non-hydrogen) atoms. The second-order valence-electron chi connectivity index (χ2n) is 12.1. The Morgan fingerprint density at radius 2 is 1.67 bits per heavy atom. The first-order valence-electron chi connectivity index (χ1n) is 16.6. The molecule has 0 unspecified atom stereocenters. The van der Waals surface area contributed by atoms with Crippen LogP contribution in [0.15, 0.2) is 72.8 Å². The lowest BCUT2D eigenvalue weighted by atomic mass is 9.96. The molecule has 1 aliphatic heterocycles. The number of carbonyl (C=O) groups excluding carboxylic acids is 3. The Bertz CT molecular complexity index is 1360. The van der Waals surface area contributed by atoms with Gasteiger partial charge in [0.05, 0.1) is 18.8 Å². The fraction of sp³-hybridized carbons (Fsp3) is 0.486. The molecule has 8 nitrogen and oxygen atoms in total. The van der Waals surface area contributed by atoms with Crippen molar-refractivity contribution in [2.24, 2.45) is 5.92 Å². The first kappa shape index (κ1) is 34.3. The number of fused-ring (bicyclic) bond motifs is 1. The van der Waals surface area contributed by atoms with Crippen LogP contribution in [0, 0.1) is 5.92 Å². The van der Waals surface area contributed by atoms with Crippen molar-refractivity contribution in [2.75, 3.05) is 26.2 Å². The lowest BCUT2D eigenvalue weighted by Crippen LogP contribution is -2.58. The minimum Gasteiger partial charge on any atom is -0.373 e. The fourth-order valence-electron chi connectivity index (χ4n) is 5.92. The van der Waals surface area contributed by atoms with E-state index in [0.29, 0.717) is 51.9 Å². The average molecular weight is 615 g/mol. The molecule has 0 radical (unpaired) electrons. The molecule has 3 atom stereocenters. The summed E-state index contributed by atoms with van der Waals surface area (Å²) in [6.45, 7) is 9.09. The molecule has 242 valence electrons. The van der Waals surface area contributed by atoms with Crippen molar-refractivity contribution in [1.82, 2.24) is 20.9 Å². The van der Waals surface area contributed by atoms with E-state index < -0.39 is 12.1 Å². The normalized spacial score (nSPS) is 16.0. The molecule has 3 N–H and O–H groups in total. The molecule has 8 heteroatoms. The molecule has 0 bridgehead atoms. The third kappa shape index (κ3) is 9.95. The molecule has 1 aliphatic rings. The number of imide groups is 1. The molecular weight excluding hydrogens is 564 g/mol. The minimum absolute atomic E-state index is 0.0472. The van der Waals surface area contributed by atoms with Gasteiger partial charge in [-0.2, -0.15) is 0 Å². The van der Waals surface area contributed by atoms with Crippen LogP contribution in [0.2, 0.25) is 0 Å². The summed E-state index contributed by atoms with van der Waals surface area (Å²) >= 11 is 0. The number of amides is 3. The summed E-state index contributed by atoms with van der Waals surface area (Å²) in [5.41, 5.74) is 2.05. The van der Waals surface area contributed by atoms with E-state index in [1.165, 1.54) is 4.90 Å². The predicted molar refractivity (Wildman–Crippen MR) is 180 cm³/mol. The van der Waals surface area contributed by atoms with Crippen LogP contribution < -0.4 is 16.0 Å². The highest BCUT2D eigenvalue weighted by Crippen LogP contribution is 2.23. The molecule has 3 amide bonds. The van der Waals surface area contributed by atoms with Gasteiger partial charge in [-0.3, -0.25) is 19.3 Å². The van der Waals surface area contributed by atoms with E-state index in [1.807, 2.05) is 87.5 Å². The third-order valence-corrected chi connectivity index (χ3v) is 8.66. The first-order valence-corrected chi connectivity index (χ1v) is 16.6. The number of hydrogen-bond donors (Lipinski definition) is 3. The van der Waals surface area contributed by atoms with Crippen molar-refractivity contribution in [1.29, 1.82) is 0 Å². The number of rotatable bonds is 17. The zero-order valence-corrected chi connectivity index (χ0v) is 27.1. The van der Waals surface area contributed by atoms with Gasteiger partial charge in [0, 0.05) is 25.4 Å². The molecule has 3 aromatic carbocycles. The highest BCUT2D eigenvalue weighted by molar-refractivity contribution is 6.03. The maximum atomic E-state index is 14.0. The molecule has 0 saturated carbocycles. The second kappa shape index (κ2) is 17.8. The van der Waals surface area contributed by atoms with Crippen molar-refractivity contribution in [2.45, 2.75) is 84.1 Å². The molecule has 1 fully saturated rings. The molecule has 1 heterocycles. The SMILES string of the molecule is CCC(CC)C(=O)N(C(=O)[C@@H]1CCCN1)[C@H](Cc1ccc2ccccc2c1)C(=O)NCCCNC[C@@H](C)OCc1ccccc1. The fourth-order valence-corrected chi connectivity index (χ4v) is 5.92.